The van der Waals surface area contributed by atoms with Gasteiger partial charge in [0.1, 0.15) is 5.41 Å². The average molecular weight is 417 g/mol. The smallest absolute Gasteiger partial charge is 0.393 e. The van der Waals surface area contributed by atoms with E-state index in [2.05, 4.69) is 25.8 Å². The quantitative estimate of drug-likeness (QED) is 0.657. The van der Waals surface area contributed by atoms with Gasteiger partial charge < -0.3 is 15.1 Å². The number of nitrogens with one attached hydrogen (secondary N) is 2. The fourth-order valence-corrected chi connectivity index (χ4v) is 3.25. The molecule has 1 amide bonds. The maximum Gasteiger partial charge on any atom is 0.393 e. The largest absolute Gasteiger partial charge is 0.418 e. The SMILES string of the molecule is CC1(c2nnc(-c3ncccc3Nc3ccc(CC(F)(F)F)cc3)o2)CCNC1=O. The summed E-state index contributed by atoms with van der Waals surface area (Å²) >= 11 is 0. The van der Waals surface area contributed by atoms with E-state index < -0.39 is 18.0 Å². The van der Waals surface area contributed by atoms with Gasteiger partial charge in [0.2, 0.25) is 11.8 Å². The Morgan fingerprint density at radius 1 is 1.20 bits per heavy atom. The Hall–Kier alpha value is -3.43. The molecule has 1 aliphatic rings. The highest BCUT2D eigenvalue weighted by Crippen LogP contribution is 2.34. The molecule has 2 aromatic heterocycles. The van der Waals surface area contributed by atoms with E-state index in [0.717, 1.165) is 0 Å². The number of nitrogens with zero attached hydrogens (tertiary/aromatic N) is 3. The fourth-order valence-electron chi connectivity index (χ4n) is 3.25. The number of alkyl halides is 3. The van der Waals surface area contributed by atoms with Gasteiger partial charge in [-0.05, 0) is 43.2 Å². The highest BCUT2D eigenvalue weighted by Gasteiger charge is 2.44. The van der Waals surface area contributed by atoms with Crippen LogP contribution >= 0.6 is 0 Å². The Morgan fingerprint density at radius 2 is 1.97 bits per heavy atom. The summed E-state index contributed by atoms with van der Waals surface area (Å²) in [4.78, 5) is 16.4. The van der Waals surface area contributed by atoms with E-state index in [0.29, 0.717) is 30.0 Å². The minimum Gasteiger partial charge on any atom is -0.418 e. The van der Waals surface area contributed by atoms with E-state index >= 15 is 0 Å². The molecule has 10 heteroatoms. The van der Waals surface area contributed by atoms with Crippen LogP contribution in [-0.4, -0.2) is 33.8 Å². The Kier molecular flexibility index (Phi) is 4.92. The predicted octanol–water partition coefficient (Wildman–Crippen LogP) is 3.76. The van der Waals surface area contributed by atoms with Crippen LogP contribution in [0.5, 0.6) is 0 Å². The number of rotatable bonds is 5. The van der Waals surface area contributed by atoms with Gasteiger partial charge in [-0.25, -0.2) is 4.98 Å². The molecular formula is C20H18F3N5O2. The van der Waals surface area contributed by atoms with E-state index in [1.165, 1.54) is 12.1 Å². The molecule has 0 bridgehead atoms. The monoisotopic (exact) mass is 417 g/mol. The summed E-state index contributed by atoms with van der Waals surface area (Å²) < 4.78 is 43.3. The molecule has 3 heterocycles. The molecule has 2 N–H and O–H groups in total. The van der Waals surface area contributed by atoms with Crippen molar-refractivity contribution in [1.29, 1.82) is 0 Å². The molecular weight excluding hydrogens is 399 g/mol. The van der Waals surface area contributed by atoms with Gasteiger partial charge in [-0.15, -0.1) is 10.2 Å². The van der Waals surface area contributed by atoms with E-state index in [1.807, 2.05) is 0 Å². The summed E-state index contributed by atoms with van der Waals surface area (Å²) in [6.07, 6.45) is -3.14. The van der Waals surface area contributed by atoms with Crippen LogP contribution in [-0.2, 0) is 16.6 Å². The molecule has 0 spiro atoms. The molecule has 4 rings (SSSR count). The number of carbonyl (C=O) groups is 1. The standard InChI is InChI=1S/C20H18F3N5O2/c1-19(8-10-25-17(19)29)18-28-27-16(30-18)15-14(3-2-9-24-15)26-13-6-4-12(5-7-13)11-20(21,22)23/h2-7,9,26H,8,10-11H2,1H3,(H,25,29). The van der Waals surface area contributed by atoms with Crippen LogP contribution in [0.4, 0.5) is 24.5 Å². The molecule has 1 atom stereocenters. The lowest BCUT2D eigenvalue weighted by atomic mass is 9.89. The van der Waals surface area contributed by atoms with Gasteiger partial charge in [0.15, 0.2) is 5.69 Å². The number of benzene rings is 1. The Labute approximate surface area is 169 Å². The lowest BCUT2D eigenvalue weighted by Crippen LogP contribution is -2.32. The number of halogens is 3. The minimum absolute atomic E-state index is 0.141. The molecule has 1 fully saturated rings. The van der Waals surface area contributed by atoms with Crippen LogP contribution in [0.2, 0.25) is 0 Å². The summed E-state index contributed by atoms with van der Waals surface area (Å²) in [6.45, 7) is 2.28. The zero-order valence-corrected chi connectivity index (χ0v) is 16.0. The summed E-state index contributed by atoms with van der Waals surface area (Å²) in [5.74, 6) is 0.180. The summed E-state index contributed by atoms with van der Waals surface area (Å²) in [7, 11) is 0. The van der Waals surface area contributed by atoms with Crippen molar-refractivity contribution in [1.82, 2.24) is 20.5 Å². The maximum absolute atomic E-state index is 12.5. The summed E-state index contributed by atoms with van der Waals surface area (Å²) in [6, 6.07) is 9.38. The van der Waals surface area contributed by atoms with Gasteiger partial charge in [0, 0.05) is 18.4 Å². The van der Waals surface area contributed by atoms with Crippen LogP contribution in [0.15, 0.2) is 47.0 Å². The number of amides is 1. The second-order valence-corrected chi connectivity index (χ2v) is 7.26. The zero-order valence-electron chi connectivity index (χ0n) is 16.0. The fraction of sp³-hybridized carbons (Fsp3) is 0.300. The van der Waals surface area contributed by atoms with Crippen molar-refractivity contribution < 1.29 is 22.4 Å². The van der Waals surface area contributed by atoms with Crippen molar-refractivity contribution in [2.45, 2.75) is 31.4 Å². The van der Waals surface area contributed by atoms with E-state index in [9.17, 15) is 18.0 Å². The second-order valence-electron chi connectivity index (χ2n) is 7.26. The first-order valence-corrected chi connectivity index (χ1v) is 9.25. The second kappa shape index (κ2) is 7.43. The molecule has 0 aliphatic carbocycles. The molecule has 0 saturated carbocycles. The van der Waals surface area contributed by atoms with E-state index in [1.54, 1.807) is 37.4 Å². The highest BCUT2D eigenvalue weighted by atomic mass is 19.4. The topological polar surface area (TPSA) is 92.9 Å². The van der Waals surface area contributed by atoms with Crippen molar-refractivity contribution >= 4 is 17.3 Å². The number of pyridine rings is 1. The summed E-state index contributed by atoms with van der Waals surface area (Å²) in [5, 5.41) is 13.9. The predicted molar refractivity (Wildman–Crippen MR) is 102 cm³/mol. The first kappa shape index (κ1) is 19.9. The van der Waals surface area contributed by atoms with Crippen molar-refractivity contribution in [2.75, 3.05) is 11.9 Å². The third kappa shape index (κ3) is 3.98. The van der Waals surface area contributed by atoms with Gasteiger partial charge in [0.05, 0.1) is 12.1 Å². The molecule has 3 aromatic rings. The number of anilines is 2. The first-order chi connectivity index (χ1) is 14.2. The van der Waals surface area contributed by atoms with Crippen LogP contribution in [0.3, 0.4) is 0 Å². The molecule has 156 valence electrons. The van der Waals surface area contributed by atoms with Crippen molar-refractivity contribution in [3.63, 3.8) is 0 Å². The van der Waals surface area contributed by atoms with Crippen molar-refractivity contribution in [2.24, 2.45) is 0 Å². The Bertz CT molecular complexity index is 1060. The van der Waals surface area contributed by atoms with Gasteiger partial charge >= 0.3 is 6.18 Å². The third-order valence-corrected chi connectivity index (χ3v) is 4.96. The molecule has 1 aromatic carbocycles. The van der Waals surface area contributed by atoms with Gasteiger partial charge in [0.25, 0.3) is 5.89 Å². The lowest BCUT2D eigenvalue weighted by Gasteiger charge is -2.14. The maximum atomic E-state index is 12.5. The Morgan fingerprint density at radius 3 is 2.63 bits per heavy atom. The average Bonchev–Trinajstić information content (AvgIpc) is 3.31. The molecule has 1 aliphatic heterocycles. The number of hydrogen-bond acceptors (Lipinski definition) is 6. The van der Waals surface area contributed by atoms with Crippen LogP contribution in [0.25, 0.3) is 11.6 Å². The lowest BCUT2D eigenvalue weighted by molar-refractivity contribution is -0.127. The zero-order chi connectivity index (χ0) is 21.4. The summed E-state index contributed by atoms with van der Waals surface area (Å²) in [5.41, 5.74) is 0.776. The van der Waals surface area contributed by atoms with Crippen LogP contribution in [0.1, 0.15) is 24.8 Å². The first-order valence-electron chi connectivity index (χ1n) is 9.25. The normalized spacial score (nSPS) is 19.0. The molecule has 7 nitrogen and oxygen atoms in total. The molecule has 0 radical (unpaired) electrons. The minimum atomic E-state index is -4.26. The van der Waals surface area contributed by atoms with Gasteiger partial charge in [-0.3, -0.25) is 4.79 Å². The van der Waals surface area contributed by atoms with Crippen LogP contribution in [0, 0.1) is 0 Å². The molecule has 1 unspecified atom stereocenters. The van der Waals surface area contributed by atoms with Gasteiger partial charge in [-0.2, -0.15) is 13.2 Å². The number of carbonyl (C=O) groups excluding carboxylic acids is 1. The van der Waals surface area contributed by atoms with Gasteiger partial charge in [-0.1, -0.05) is 12.1 Å². The van der Waals surface area contributed by atoms with E-state index in [4.69, 9.17) is 4.42 Å². The molecule has 30 heavy (non-hydrogen) atoms. The number of aromatic nitrogens is 3. The number of hydrogen-bond donors (Lipinski definition) is 2. The van der Waals surface area contributed by atoms with Crippen molar-refractivity contribution in [3.05, 3.63) is 54.0 Å². The van der Waals surface area contributed by atoms with Crippen LogP contribution < -0.4 is 10.6 Å². The van der Waals surface area contributed by atoms with Crippen molar-refractivity contribution in [3.8, 4) is 11.6 Å². The highest BCUT2D eigenvalue weighted by molar-refractivity contribution is 5.88. The Balaban J connectivity index is 1.57. The van der Waals surface area contributed by atoms with E-state index in [-0.39, 0.29) is 23.3 Å². The molecule has 1 saturated heterocycles. The third-order valence-electron chi connectivity index (χ3n) is 4.96.